The predicted molar refractivity (Wildman–Crippen MR) is 351 cm³/mol. The third kappa shape index (κ3) is 25.2. The van der Waals surface area contributed by atoms with Crippen LogP contribution in [0.5, 0.6) is 0 Å². The molecule has 0 bridgehead atoms. The van der Waals surface area contributed by atoms with Crippen molar-refractivity contribution in [2.24, 2.45) is 11.8 Å². The third-order valence-electron chi connectivity index (χ3n) is 17.1. The molecule has 0 N–H and O–H groups in total. The Morgan fingerprint density at radius 2 is 0.641 bits per heavy atom. The highest BCUT2D eigenvalue weighted by Gasteiger charge is 2.24. The molecule has 0 aliphatic carbocycles. The molecule has 0 aliphatic rings. The van der Waals surface area contributed by atoms with Crippen molar-refractivity contribution < 1.29 is 8.78 Å². The monoisotopic (exact) mass is 1140 g/mol. The lowest BCUT2D eigenvalue weighted by Gasteiger charge is -2.17. The van der Waals surface area contributed by atoms with Gasteiger partial charge in [-0.15, -0.1) is 45.3 Å². The van der Waals surface area contributed by atoms with Gasteiger partial charge in [-0.1, -0.05) is 285 Å². The first kappa shape index (κ1) is 66.7. The molecule has 4 aromatic heterocycles. The summed E-state index contributed by atoms with van der Waals surface area (Å²) < 4.78 is 33.8. The number of rotatable bonds is 48. The first-order valence-electron chi connectivity index (χ1n) is 33.1. The quantitative estimate of drug-likeness (QED) is 0.0341. The van der Waals surface area contributed by atoms with E-state index in [1.807, 2.05) is 34.8 Å². The van der Waals surface area contributed by atoms with Gasteiger partial charge >= 0.3 is 0 Å². The molecule has 0 radical (unpaired) electrons. The fourth-order valence-electron chi connectivity index (χ4n) is 12.2. The standard InChI is InChI=1S/C72H112F2S4/c1-7-11-15-19-23-27-29-33-37-40-44-59(43-39-35-31-25-21-17-13-9-3)53-61-55-68(76-58(61)6)63-48-49-64(71(74)70(63)73)69-56-62(72(78-69)67-52-51-66(77-67)65-50-47-57(5)75-65)54-60(45-41-36-32-26-22-18-14-10-4)46-42-38-34-30-28-24-20-16-12-8-2/h47-52,55-56,59-60H,7-46,53-54H2,1-6H3. The van der Waals surface area contributed by atoms with Gasteiger partial charge in [-0.05, 0) is 98.2 Å². The summed E-state index contributed by atoms with van der Waals surface area (Å²) in [6.07, 6.45) is 55.9. The van der Waals surface area contributed by atoms with Gasteiger partial charge < -0.3 is 0 Å². The maximum absolute atomic E-state index is 16.9. The van der Waals surface area contributed by atoms with Crippen molar-refractivity contribution in [2.45, 2.75) is 311 Å². The predicted octanol–water partition coefficient (Wildman–Crippen LogP) is 27.5. The van der Waals surface area contributed by atoms with Gasteiger partial charge in [-0.25, -0.2) is 8.78 Å². The van der Waals surface area contributed by atoms with Gasteiger partial charge in [-0.3, -0.25) is 0 Å². The average molecular weight is 1140 g/mol. The van der Waals surface area contributed by atoms with Crippen LogP contribution in [0.15, 0.2) is 48.5 Å². The second kappa shape index (κ2) is 41.0. The molecular weight excluding hydrogens is 1030 g/mol. The van der Waals surface area contributed by atoms with E-state index in [9.17, 15) is 0 Å². The van der Waals surface area contributed by atoms with E-state index in [0.29, 0.717) is 23.0 Å². The Bertz CT molecular complexity index is 2270. The highest BCUT2D eigenvalue weighted by Crippen LogP contribution is 2.47. The van der Waals surface area contributed by atoms with Crippen LogP contribution in [-0.4, -0.2) is 0 Å². The van der Waals surface area contributed by atoms with Crippen molar-refractivity contribution in [2.75, 3.05) is 0 Å². The Hall–Kier alpha value is -2.12. The van der Waals surface area contributed by atoms with Crippen LogP contribution >= 0.6 is 45.3 Å². The van der Waals surface area contributed by atoms with Crippen LogP contribution in [0, 0.1) is 37.3 Å². The molecule has 78 heavy (non-hydrogen) atoms. The largest absolute Gasteiger partial charge is 0.203 e. The molecule has 0 nitrogen and oxygen atoms in total. The number of hydrogen-bond donors (Lipinski definition) is 0. The van der Waals surface area contributed by atoms with Crippen molar-refractivity contribution in [1.29, 1.82) is 0 Å². The molecule has 438 valence electrons. The van der Waals surface area contributed by atoms with E-state index in [2.05, 4.69) is 77.9 Å². The molecule has 2 atom stereocenters. The first-order chi connectivity index (χ1) is 38.3. The minimum absolute atomic E-state index is 0.407. The van der Waals surface area contributed by atoms with E-state index in [0.717, 1.165) is 22.6 Å². The fourth-order valence-corrected chi connectivity index (χ4v) is 16.6. The molecular formula is C72H112F2S4. The molecule has 0 amide bonds. The van der Waals surface area contributed by atoms with Gasteiger partial charge in [-0.2, -0.15) is 0 Å². The van der Waals surface area contributed by atoms with Crippen molar-refractivity contribution in [1.82, 2.24) is 0 Å². The van der Waals surface area contributed by atoms with E-state index in [4.69, 9.17) is 0 Å². The molecule has 1 aromatic carbocycles. The number of aryl methyl sites for hydroxylation is 2. The Balaban J connectivity index is 1.32. The lowest BCUT2D eigenvalue weighted by molar-refractivity contribution is 0.399. The van der Waals surface area contributed by atoms with E-state index >= 15 is 8.78 Å². The summed E-state index contributed by atoms with van der Waals surface area (Å²) in [4.78, 5) is 9.40. The zero-order chi connectivity index (χ0) is 55.4. The van der Waals surface area contributed by atoms with Crippen LogP contribution in [0.4, 0.5) is 8.78 Å². The van der Waals surface area contributed by atoms with Crippen LogP contribution in [0.2, 0.25) is 0 Å². The summed E-state index contributed by atoms with van der Waals surface area (Å²) in [7, 11) is 0. The molecule has 5 rings (SSSR count). The summed E-state index contributed by atoms with van der Waals surface area (Å²) >= 11 is 7.05. The molecule has 5 aromatic rings. The van der Waals surface area contributed by atoms with Crippen molar-refractivity contribution in [3.8, 4) is 40.4 Å². The zero-order valence-corrected chi connectivity index (χ0v) is 54.1. The zero-order valence-electron chi connectivity index (χ0n) is 50.9. The fraction of sp³-hybridized carbons (Fsp3) is 0.694. The van der Waals surface area contributed by atoms with E-state index in [1.165, 1.54) is 297 Å². The summed E-state index contributed by atoms with van der Waals surface area (Å²) in [5.74, 6) is -0.155. The SMILES string of the molecule is CCCCCCCCCCCCC(CCCCCCCCCC)Cc1cc(-c2ccc(-c3cc(CC(CCCCCCCCCC)CCCCCCCCCCCC)c(-c4ccc(-c5ccc(C)s5)s4)s3)c(F)c2F)sc1C. The van der Waals surface area contributed by atoms with Gasteiger partial charge in [0, 0.05) is 50.1 Å². The van der Waals surface area contributed by atoms with E-state index in [-0.39, 0.29) is 0 Å². The molecule has 0 saturated heterocycles. The lowest BCUT2D eigenvalue weighted by atomic mass is 9.88. The second-order valence-corrected chi connectivity index (χ2v) is 28.8. The summed E-state index contributed by atoms with van der Waals surface area (Å²) in [6.45, 7) is 13.6. The van der Waals surface area contributed by atoms with Gasteiger partial charge in [0.2, 0.25) is 0 Å². The highest BCUT2D eigenvalue weighted by molar-refractivity contribution is 7.27. The topological polar surface area (TPSA) is 0 Å². The van der Waals surface area contributed by atoms with Crippen molar-refractivity contribution in [3.05, 3.63) is 81.0 Å². The van der Waals surface area contributed by atoms with Gasteiger partial charge in [0.15, 0.2) is 11.6 Å². The van der Waals surface area contributed by atoms with Gasteiger partial charge in [0.05, 0.1) is 0 Å². The average Bonchev–Trinajstić information content (AvgIpc) is 4.27. The maximum atomic E-state index is 16.9. The number of unbranched alkanes of at least 4 members (excludes halogenated alkanes) is 32. The normalized spacial score (nSPS) is 12.6. The number of thiophene rings is 4. The first-order valence-corrected chi connectivity index (χ1v) is 36.4. The summed E-state index contributed by atoms with van der Waals surface area (Å²) in [5.41, 5.74) is 3.49. The van der Waals surface area contributed by atoms with Crippen LogP contribution < -0.4 is 0 Å². The number of hydrogen-bond acceptors (Lipinski definition) is 4. The highest BCUT2D eigenvalue weighted by atomic mass is 32.1. The third-order valence-corrected chi connectivity index (χ3v) is 21.9. The van der Waals surface area contributed by atoms with Crippen LogP contribution in [0.25, 0.3) is 40.4 Å². The molecule has 4 heterocycles. The van der Waals surface area contributed by atoms with Gasteiger partial charge in [0.25, 0.3) is 0 Å². The molecule has 0 aliphatic heterocycles. The van der Waals surface area contributed by atoms with Crippen molar-refractivity contribution >= 4 is 45.3 Å². The smallest absolute Gasteiger partial charge is 0.168 e. The minimum Gasteiger partial charge on any atom is -0.203 e. The minimum atomic E-state index is -0.699. The van der Waals surface area contributed by atoms with Crippen LogP contribution in [0.1, 0.15) is 305 Å². The van der Waals surface area contributed by atoms with Crippen LogP contribution in [0.3, 0.4) is 0 Å². The molecule has 0 saturated carbocycles. The lowest BCUT2D eigenvalue weighted by Crippen LogP contribution is -2.05. The maximum Gasteiger partial charge on any atom is 0.168 e. The van der Waals surface area contributed by atoms with Crippen LogP contribution in [-0.2, 0) is 12.8 Å². The molecule has 0 fully saturated rings. The Labute approximate surface area is 495 Å². The molecule has 6 heteroatoms. The van der Waals surface area contributed by atoms with Crippen molar-refractivity contribution in [3.63, 3.8) is 0 Å². The summed E-state index contributed by atoms with van der Waals surface area (Å²) in [5, 5.41) is 0. The molecule has 2 unspecified atom stereocenters. The number of benzene rings is 1. The van der Waals surface area contributed by atoms with Gasteiger partial charge in [0.1, 0.15) is 0 Å². The Morgan fingerprint density at radius 1 is 0.321 bits per heavy atom. The van der Waals surface area contributed by atoms with E-state index in [1.54, 1.807) is 22.7 Å². The molecule has 0 spiro atoms. The Morgan fingerprint density at radius 3 is 1.03 bits per heavy atom. The Kier molecular flexibility index (Phi) is 35.0. The second-order valence-electron chi connectivity index (χ2n) is 24.1. The summed E-state index contributed by atoms with van der Waals surface area (Å²) in [6, 6.07) is 17.3. The van der Waals surface area contributed by atoms with E-state index < -0.39 is 11.6 Å². The number of halogens is 2.